The van der Waals surface area contributed by atoms with Crippen molar-refractivity contribution in [1.29, 1.82) is 0 Å². The average Bonchev–Trinajstić information content (AvgIpc) is 3.54. The number of carboxylic acid groups (broad SMARTS) is 1. The lowest BCUT2D eigenvalue weighted by atomic mass is 9.49. The lowest BCUT2D eigenvalue weighted by Crippen LogP contribution is -2.49. The normalized spacial score (nSPS) is 41.5. The summed E-state index contributed by atoms with van der Waals surface area (Å²) in [5.74, 6) is 1.68. The molecule has 0 aromatic carbocycles. The molecule has 4 heterocycles. The quantitative estimate of drug-likeness (QED) is 0.618. The van der Waals surface area contributed by atoms with Crippen molar-refractivity contribution in [1.82, 2.24) is 19.5 Å². The number of carboxylic acids is 1. The molecule has 7 aliphatic rings. The van der Waals surface area contributed by atoms with E-state index in [1.165, 1.54) is 38.5 Å². The van der Waals surface area contributed by atoms with Crippen LogP contribution in [0.5, 0.6) is 0 Å². The van der Waals surface area contributed by atoms with Crippen LogP contribution in [0.1, 0.15) is 76.9 Å². The van der Waals surface area contributed by atoms with Gasteiger partial charge in [0.1, 0.15) is 18.5 Å². The number of nitrogens with one attached hydrogen (secondary N) is 1. The highest BCUT2D eigenvalue weighted by atomic mass is 16.8. The van der Waals surface area contributed by atoms with Crippen LogP contribution in [0.2, 0.25) is 0 Å². The molecule has 4 bridgehead atoms. The Morgan fingerprint density at radius 1 is 1.00 bits per heavy atom. The van der Waals surface area contributed by atoms with E-state index in [1.54, 1.807) is 17.2 Å². The number of rotatable bonds is 5. The first-order valence-electron chi connectivity index (χ1n) is 14.2. The zero-order valence-corrected chi connectivity index (χ0v) is 21.1. The molecule has 9 rings (SSSR count). The van der Waals surface area contributed by atoms with Crippen molar-refractivity contribution in [3.05, 3.63) is 12.7 Å². The molecule has 5 saturated carbocycles. The molecular weight excluding hydrogens is 474 g/mol. The summed E-state index contributed by atoms with van der Waals surface area (Å²) in [7, 11) is 0. The van der Waals surface area contributed by atoms with Gasteiger partial charge in [0.05, 0.1) is 6.33 Å². The highest BCUT2D eigenvalue weighted by Gasteiger charge is 2.61. The van der Waals surface area contributed by atoms with Crippen molar-refractivity contribution >= 4 is 23.0 Å². The molecule has 2 N–H and O–H groups in total. The Balaban J connectivity index is 1.07. The van der Waals surface area contributed by atoms with Crippen molar-refractivity contribution in [2.45, 2.75) is 101 Å². The number of aliphatic carboxylic acids is 1. The summed E-state index contributed by atoms with van der Waals surface area (Å²) in [5, 5.41) is 13.5. The van der Waals surface area contributed by atoms with Gasteiger partial charge in [-0.05, 0) is 74.5 Å². The number of ether oxygens (including phenoxy) is 3. The summed E-state index contributed by atoms with van der Waals surface area (Å²) < 4.78 is 20.6. The zero-order valence-electron chi connectivity index (χ0n) is 21.1. The van der Waals surface area contributed by atoms with E-state index in [-0.39, 0.29) is 0 Å². The zero-order chi connectivity index (χ0) is 24.8. The van der Waals surface area contributed by atoms with Gasteiger partial charge in [0.2, 0.25) is 0 Å². The van der Waals surface area contributed by atoms with Crippen LogP contribution in [0.4, 0.5) is 5.82 Å². The van der Waals surface area contributed by atoms with Crippen LogP contribution in [0.3, 0.4) is 0 Å². The van der Waals surface area contributed by atoms with Gasteiger partial charge in [-0.2, -0.15) is 0 Å². The molecule has 2 aliphatic heterocycles. The van der Waals surface area contributed by atoms with Crippen LogP contribution in [-0.2, 0) is 19.0 Å². The second kappa shape index (κ2) is 8.10. The van der Waals surface area contributed by atoms with Crippen LogP contribution in [-0.4, -0.2) is 61.2 Å². The second-order valence-electron chi connectivity index (χ2n) is 12.7. The lowest BCUT2D eigenvalue weighted by molar-refractivity contribution is -0.231. The van der Waals surface area contributed by atoms with Gasteiger partial charge in [-0.25, -0.2) is 19.7 Å². The van der Waals surface area contributed by atoms with E-state index in [1.807, 2.05) is 0 Å². The van der Waals surface area contributed by atoms with Gasteiger partial charge in [-0.1, -0.05) is 6.42 Å². The molecule has 0 radical (unpaired) electrons. The Hall–Kier alpha value is -2.30. The highest BCUT2D eigenvalue weighted by Crippen LogP contribution is 2.60. The number of fused-ring (bicyclic) bond motifs is 2. The lowest BCUT2D eigenvalue weighted by Gasteiger charge is -2.57. The van der Waals surface area contributed by atoms with Crippen LogP contribution in [0, 0.1) is 23.2 Å². The SMILES string of the molecule is O=C(O)[C@H]1O[C@@H](n2cnc3c(NCC45CC6CC(CC(C6)C4)C5)ncnc32)[C@@H]2OC3(CCCCC3)O[C@@H]21. The highest BCUT2D eigenvalue weighted by molar-refractivity contribution is 5.82. The van der Waals surface area contributed by atoms with Crippen LogP contribution in [0.25, 0.3) is 11.2 Å². The predicted octanol–water partition coefficient (Wildman–Crippen LogP) is 3.88. The van der Waals surface area contributed by atoms with E-state index in [0.29, 0.717) is 16.6 Å². The molecule has 10 heteroatoms. The summed E-state index contributed by atoms with van der Waals surface area (Å²) in [5.41, 5.74) is 1.66. The number of nitrogens with zero attached hydrogens (tertiary/aromatic N) is 4. The van der Waals surface area contributed by atoms with E-state index in [9.17, 15) is 9.90 Å². The van der Waals surface area contributed by atoms with Gasteiger partial charge in [-0.3, -0.25) is 4.57 Å². The summed E-state index contributed by atoms with van der Waals surface area (Å²) >= 11 is 0. The third kappa shape index (κ3) is 3.55. The number of anilines is 1. The standard InChI is InChI=1S/C27H35N5O5/c33-25(34)21-19-20(37-27(36-19)4-2-1-3-5-27)24(35-21)32-14-31-18-22(29-13-30-23(18)32)28-12-26-9-15-6-16(10-26)8-17(7-15)11-26/h13-17,19-21,24H,1-12H2,(H,33,34)(H,28,29,30)/t15?,16?,17?,19-,20+,21-,24+,26?/m0/s1. The molecule has 0 amide bonds. The smallest absolute Gasteiger partial charge is 0.335 e. The largest absolute Gasteiger partial charge is 0.479 e. The van der Waals surface area contributed by atoms with E-state index in [2.05, 4.69) is 20.3 Å². The molecule has 37 heavy (non-hydrogen) atoms. The van der Waals surface area contributed by atoms with Gasteiger partial charge in [0.25, 0.3) is 0 Å². The molecule has 7 fully saturated rings. The molecule has 10 nitrogen and oxygen atoms in total. The minimum absolute atomic E-state index is 0.369. The van der Waals surface area contributed by atoms with E-state index >= 15 is 0 Å². The molecule has 2 aromatic rings. The fraction of sp³-hybridized carbons (Fsp3) is 0.778. The summed E-state index contributed by atoms with van der Waals surface area (Å²) in [6, 6.07) is 0. The molecule has 2 saturated heterocycles. The number of hydrogen-bond acceptors (Lipinski definition) is 8. The van der Waals surface area contributed by atoms with Crippen molar-refractivity contribution in [3.8, 4) is 0 Å². The predicted molar refractivity (Wildman–Crippen MR) is 132 cm³/mol. The Kier molecular flexibility index (Phi) is 4.96. The number of aromatic nitrogens is 4. The maximum atomic E-state index is 12.1. The maximum absolute atomic E-state index is 12.1. The monoisotopic (exact) mass is 509 g/mol. The third-order valence-corrected chi connectivity index (χ3v) is 10.2. The minimum atomic E-state index is -1.09. The Morgan fingerprint density at radius 3 is 2.41 bits per heavy atom. The van der Waals surface area contributed by atoms with E-state index < -0.39 is 36.3 Å². The van der Waals surface area contributed by atoms with Crippen LogP contribution in [0.15, 0.2) is 12.7 Å². The van der Waals surface area contributed by atoms with Gasteiger partial charge >= 0.3 is 5.97 Å². The summed E-state index contributed by atoms with van der Waals surface area (Å²) in [6.07, 6.45) is 13.3. The Morgan fingerprint density at radius 2 is 1.70 bits per heavy atom. The van der Waals surface area contributed by atoms with E-state index in [4.69, 9.17) is 14.2 Å². The molecule has 2 aromatic heterocycles. The van der Waals surface area contributed by atoms with E-state index in [0.717, 1.165) is 62.2 Å². The van der Waals surface area contributed by atoms with Crippen molar-refractivity contribution in [2.75, 3.05) is 11.9 Å². The fourth-order valence-electron chi connectivity index (χ4n) is 9.11. The Labute approximate surface area is 215 Å². The van der Waals surface area contributed by atoms with Gasteiger partial charge in [-0.15, -0.1) is 0 Å². The first-order chi connectivity index (χ1) is 18.0. The van der Waals surface area contributed by atoms with Gasteiger partial charge in [0, 0.05) is 19.4 Å². The van der Waals surface area contributed by atoms with Gasteiger partial charge in [0.15, 0.2) is 35.1 Å². The molecule has 5 aliphatic carbocycles. The first-order valence-corrected chi connectivity index (χ1v) is 14.2. The maximum Gasteiger partial charge on any atom is 0.335 e. The average molecular weight is 510 g/mol. The topological polar surface area (TPSA) is 121 Å². The van der Waals surface area contributed by atoms with Crippen LogP contribution < -0.4 is 5.32 Å². The van der Waals surface area contributed by atoms with Gasteiger partial charge < -0.3 is 24.6 Å². The first kappa shape index (κ1) is 22.7. The Bertz CT molecular complexity index is 1190. The molecule has 198 valence electrons. The van der Waals surface area contributed by atoms with Crippen molar-refractivity contribution in [2.24, 2.45) is 23.2 Å². The molecule has 4 atom stereocenters. The summed E-state index contributed by atoms with van der Waals surface area (Å²) in [6.45, 7) is 0.917. The molecule has 1 spiro atoms. The third-order valence-electron chi connectivity index (χ3n) is 10.2. The minimum Gasteiger partial charge on any atom is -0.479 e. The fourth-order valence-corrected chi connectivity index (χ4v) is 9.11. The summed E-state index contributed by atoms with van der Waals surface area (Å²) in [4.78, 5) is 25.8. The number of imidazole rings is 1. The van der Waals surface area contributed by atoms with Crippen molar-refractivity contribution in [3.63, 3.8) is 0 Å². The molecule has 0 unspecified atom stereocenters. The van der Waals surface area contributed by atoms with Crippen LogP contribution >= 0.6 is 0 Å². The van der Waals surface area contributed by atoms with Crippen molar-refractivity contribution < 1.29 is 24.1 Å². The molecular formula is C27H35N5O5. The second-order valence-corrected chi connectivity index (χ2v) is 12.7. The number of hydrogen-bond donors (Lipinski definition) is 2. The number of carbonyl (C=O) groups is 1.